The first-order valence-electron chi connectivity index (χ1n) is 10.7. The van der Waals surface area contributed by atoms with E-state index < -0.39 is 11.9 Å². The van der Waals surface area contributed by atoms with Gasteiger partial charge in [0.15, 0.2) is 0 Å². The number of esters is 1. The van der Waals surface area contributed by atoms with Crippen LogP contribution in [0.2, 0.25) is 0 Å². The molecule has 1 heterocycles. The van der Waals surface area contributed by atoms with Gasteiger partial charge >= 0.3 is 5.97 Å². The molecule has 1 aromatic heterocycles. The molecule has 8 nitrogen and oxygen atoms in total. The van der Waals surface area contributed by atoms with Gasteiger partial charge in [0.05, 0.1) is 22.9 Å². The minimum atomic E-state index is -0.721. The average molecular weight is 566 g/mol. The smallest absolute Gasteiger partial charge is 0.354 e. The standard InChI is InChI=1S/C26H20BrN3O5S/c1-35-26(34)21(13-23-29-20-7-2-3-8-22(20)36-23)30-25(33)18-10-9-16(12-19(18)27)24(32)28-14-15-5-4-6-17(31)11-15/h2-13,31H,14H2,1H3,(H,28,32)(H,30,33)/b21-13-. The summed E-state index contributed by atoms with van der Waals surface area (Å²) in [6, 6.07) is 18.6. The molecule has 36 heavy (non-hydrogen) atoms. The molecule has 0 aliphatic rings. The number of aromatic hydroxyl groups is 1. The molecule has 182 valence electrons. The number of hydrogen-bond donors (Lipinski definition) is 3. The number of rotatable bonds is 7. The number of benzene rings is 3. The number of amides is 2. The molecule has 0 bridgehead atoms. The van der Waals surface area contributed by atoms with Gasteiger partial charge in [-0.3, -0.25) is 9.59 Å². The van der Waals surface area contributed by atoms with Crippen LogP contribution in [-0.2, 0) is 16.1 Å². The van der Waals surface area contributed by atoms with E-state index in [1.54, 1.807) is 24.3 Å². The number of para-hydroxylation sites is 1. The Kier molecular flexibility index (Phi) is 7.77. The Morgan fingerprint density at radius 1 is 1.06 bits per heavy atom. The molecule has 3 N–H and O–H groups in total. The Balaban J connectivity index is 1.49. The number of nitrogens with one attached hydrogen (secondary N) is 2. The first-order chi connectivity index (χ1) is 17.3. The summed E-state index contributed by atoms with van der Waals surface area (Å²) in [5.74, 6) is -1.52. The quantitative estimate of drug-likeness (QED) is 0.222. The minimum absolute atomic E-state index is 0.0682. The van der Waals surface area contributed by atoms with Crippen molar-refractivity contribution in [1.29, 1.82) is 0 Å². The van der Waals surface area contributed by atoms with Crippen molar-refractivity contribution in [2.45, 2.75) is 6.54 Å². The van der Waals surface area contributed by atoms with Crippen LogP contribution in [0, 0.1) is 0 Å². The van der Waals surface area contributed by atoms with Crippen LogP contribution in [-0.4, -0.2) is 35.0 Å². The van der Waals surface area contributed by atoms with Crippen LogP contribution < -0.4 is 10.6 Å². The summed E-state index contributed by atoms with van der Waals surface area (Å²) in [5.41, 5.74) is 2.01. The maximum absolute atomic E-state index is 13.0. The van der Waals surface area contributed by atoms with Crippen molar-refractivity contribution in [1.82, 2.24) is 15.6 Å². The van der Waals surface area contributed by atoms with Crippen molar-refractivity contribution in [3.8, 4) is 5.75 Å². The minimum Gasteiger partial charge on any atom is -0.508 e. The molecule has 0 aliphatic heterocycles. The third-order valence-electron chi connectivity index (χ3n) is 5.07. The zero-order valence-electron chi connectivity index (χ0n) is 18.9. The molecule has 0 fully saturated rings. The summed E-state index contributed by atoms with van der Waals surface area (Å²) >= 11 is 4.71. The lowest BCUT2D eigenvalue weighted by Crippen LogP contribution is -2.28. The van der Waals surface area contributed by atoms with Crippen LogP contribution in [0.4, 0.5) is 0 Å². The summed E-state index contributed by atoms with van der Waals surface area (Å²) in [4.78, 5) is 42.3. The second-order valence-corrected chi connectivity index (χ2v) is 9.49. The van der Waals surface area contributed by atoms with Crippen molar-refractivity contribution >= 4 is 61.3 Å². The van der Waals surface area contributed by atoms with E-state index in [2.05, 4.69) is 31.5 Å². The fourth-order valence-corrected chi connectivity index (χ4v) is 4.78. The van der Waals surface area contributed by atoms with Gasteiger partial charge in [-0.05, 0) is 64.0 Å². The number of fused-ring (bicyclic) bond motifs is 1. The number of hydrogen-bond acceptors (Lipinski definition) is 7. The van der Waals surface area contributed by atoms with Gasteiger partial charge in [0.2, 0.25) is 0 Å². The third-order valence-corrected chi connectivity index (χ3v) is 6.71. The molecule has 0 saturated heterocycles. The number of carbonyl (C=O) groups is 3. The number of ether oxygens (including phenoxy) is 1. The Morgan fingerprint density at radius 3 is 2.58 bits per heavy atom. The first kappa shape index (κ1) is 25.1. The van der Waals surface area contributed by atoms with Crippen molar-refractivity contribution in [3.05, 3.63) is 98.6 Å². The van der Waals surface area contributed by atoms with Gasteiger partial charge in [0, 0.05) is 22.7 Å². The number of phenolic OH excluding ortho intramolecular Hbond substituents is 1. The van der Waals surface area contributed by atoms with Gasteiger partial charge in [-0.15, -0.1) is 11.3 Å². The average Bonchev–Trinajstić information content (AvgIpc) is 3.28. The van der Waals surface area contributed by atoms with Crippen molar-refractivity contribution < 1.29 is 24.2 Å². The van der Waals surface area contributed by atoms with Gasteiger partial charge in [-0.25, -0.2) is 9.78 Å². The van der Waals surface area contributed by atoms with Crippen LogP contribution in [0.25, 0.3) is 16.3 Å². The molecule has 0 aliphatic carbocycles. The largest absolute Gasteiger partial charge is 0.508 e. The van der Waals surface area contributed by atoms with E-state index >= 15 is 0 Å². The van der Waals surface area contributed by atoms with Gasteiger partial charge in [-0.2, -0.15) is 0 Å². The predicted octanol–water partition coefficient (Wildman–Crippen LogP) is 4.64. The number of methoxy groups -OCH3 is 1. The third kappa shape index (κ3) is 5.96. The highest BCUT2D eigenvalue weighted by Gasteiger charge is 2.19. The highest BCUT2D eigenvalue weighted by Crippen LogP contribution is 2.24. The number of nitrogens with zero attached hydrogens (tertiary/aromatic N) is 1. The molecule has 4 aromatic rings. The van der Waals surface area contributed by atoms with E-state index in [9.17, 15) is 19.5 Å². The normalized spacial score (nSPS) is 11.2. The van der Waals surface area contributed by atoms with Crippen molar-refractivity contribution in [2.75, 3.05) is 7.11 Å². The zero-order chi connectivity index (χ0) is 25.7. The molecule has 0 saturated carbocycles. The van der Waals surface area contributed by atoms with E-state index in [1.165, 1.54) is 42.7 Å². The molecule has 10 heteroatoms. The van der Waals surface area contributed by atoms with Crippen LogP contribution in [0.1, 0.15) is 31.3 Å². The number of halogens is 1. The molecule has 3 aromatic carbocycles. The first-order valence-corrected chi connectivity index (χ1v) is 12.3. The molecule has 0 spiro atoms. The number of aromatic nitrogens is 1. The van der Waals surface area contributed by atoms with E-state index in [0.29, 0.717) is 15.0 Å². The molecular weight excluding hydrogens is 546 g/mol. The lowest BCUT2D eigenvalue weighted by Gasteiger charge is -2.11. The predicted molar refractivity (Wildman–Crippen MR) is 140 cm³/mol. The number of thiazole rings is 1. The fourth-order valence-electron chi connectivity index (χ4n) is 3.31. The summed E-state index contributed by atoms with van der Waals surface area (Å²) in [6.07, 6.45) is 1.46. The Labute approximate surface area is 218 Å². The second kappa shape index (κ2) is 11.1. The Bertz CT molecular complexity index is 1460. The van der Waals surface area contributed by atoms with E-state index in [0.717, 1.165) is 15.8 Å². The maximum Gasteiger partial charge on any atom is 0.354 e. The Hall–Kier alpha value is -4.02. The van der Waals surface area contributed by atoms with Crippen LogP contribution in [0.15, 0.2) is 76.9 Å². The summed E-state index contributed by atoms with van der Waals surface area (Å²) in [6.45, 7) is 0.228. The van der Waals surface area contributed by atoms with E-state index in [1.807, 2.05) is 24.3 Å². The summed E-state index contributed by atoms with van der Waals surface area (Å²) in [7, 11) is 1.22. The topological polar surface area (TPSA) is 118 Å². The molecule has 0 radical (unpaired) electrons. The number of carbonyl (C=O) groups excluding carboxylic acids is 3. The number of phenols is 1. The van der Waals surface area contributed by atoms with Crippen molar-refractivity contribution in [2.24, 2.45) is 0 Å². The molecule has 2 amide bonds. The SMILES string of the molecule is COC(=O)/C(=C/c1nc2ccccc2s1)NC(=O)c1ccc(C(=O)NCc2cccc(O)c2)cc1Br. The van der Waals surface area contributed by atoms with Gasteiger partial charge < -0.3 is 20.5 Å². The maximum atomic E-state index is 13.0. The molecule has 0 atom stereocenters. The van der Waals surface area contributed by atoms with Crippen LogP contribution in [0.3, 0.4) is 0 Å². The molecule has 4 rings (SSSR count). The Morgan fingerprint density at radius 2 is 1.86 bits per heavy atom. The molecular formula is C26H20BrN3O5S. The highest BCUT2D eigenvalue weighted by molar-refractivity contribution is 9.10. The second-order valence-electron chi connectivity index (χ2n) is 7.57. The van der Waals surface area contributed by atoms with Crippen molar-refractivity contribution in [3.63, 3.8) is 0 Å². The van der Waals surface area contributed by atoms with Gasteiger partial charge in [0.25, 0.3) is 11.8 Å². The van der Waals surface area contributed by atoms with E-state index in [-0.39, 0.29) is 29.5 Å². The molecule has 0 unspecified atom stereocenters. The lowest BCUT2D eigenvalue weighted by atomic mass is 10.1. The van der Waals surface area contributed by atoms with Gasteiger partial charge in [-0.1, -0.05) is 24.3 Å². The summed E-state index contributed by atoms with van der Waals surface area (Å²) in [5, 5.41) is 15.4. The zero-order valence-corrected chi connectivity index (χ0v) is 21.4. The fraction of sp³-hybridized carbons (Fsp3) is 0.0769. The van der Waals surface area contributed by atoms with Gasteiger partial charge in [0.1, 0.15) is 16.5 Å². The monoisotopic (exact) mass is 565 g/mol. The summed E-state index contributed by atoms with van der Waals surface area (Å²) < 4.78 is 6.14. The van der Waals surface area contributed by atoms with Crippen LogP contribution >= 0.6 is 27.3 Å². The lowest BCUT2D eigenvalue weighted by molar-refractivity contribution is -0.136. The van der Waals surface area contributed by atoms with E-state index in [4.69, 9.17) is 4.74 Å². The highest BCUT2D eigenvalue weighted by atomic mass is 79.9. The van der Waals surface area contributed by atoms with Crippen LogP contribution in [0.5, 0.6) is 5.75 Å².